The monoisotopic (exact) mass is 504 g/mol. The predicted octanol–water partition coefficient (Wildman–Crippen LogP) is 5.21. The zero-order valence-electron chi connectivity index (χ0n) is 21.7. The normalized spacial score (nSPS) is 12.8. The van der Waals surface area contributed by atoms with Crippen molar-refractivity contribution in [2.75, 3.05) is 18.6 Å². The van der Waals surface area contributed by atoms with Crippen LogP contribution in [0.25, 0.3) is 0 Å². The van der Waals surface area contributed by atoms with Gasteiger partial charge in [-0.3, -0.25) is 9.59 Å². The molecule has 0 aliphatic carbocycles. The van der Waals surface area contributed by atoms with Gasteiger partial charge >= 0.3 is 5.97 Å². The maximum Gasteiger partial charge on any atom is 0.328 e. The fraction of sp³-hybridized carbons (Fsp3) is 0.607. The largest absolute Gasteiger partial charge is 0.467 e. The van der Waals surface area contributed by atoms with Crippen LogP contribution in [0.2, 0.25) is 0 Å². The van der Waals surface area contributed by atoms with Gasteiger partial charge in [0.2, 0.25) is 11.8 Å². The van der Waals surface area contributed by atoms with E-state index in [1.807, 2.05) is 30.3 Å². The van der Waals surface area contributed by atoms with E-state index in [0.29, 0.717) is 12.2 Å². The van der Waals surface area contributed by atoms with E-state index in [1.54, 1.807) is 11.8 Å². The Labute approximate surface area is 216 Å². The molecule has 196 valence electrons. The molecule has 35 heavy (non-hydrogen) atoms. The minimum atomic E-state index is -0.817. The van der Waals surface area contributed by atoms with Crippen LogP contribution in [0.4, 0.5) is 0 Å². The summed E-state index contributed by atoms with van der Waals surface area (Å²) in [4.78, 5) is 36.8. The first kappa shape index (κ1) is 30.8. The number of ether oxygens (including phenoxy) is 1. The third-order valence-corrected chi connectivity index (χ3v) is 6.67. The van der Waals surface area contributed by atoms with Gasteiger partial charge in [0.25, 0.3) is 0 Å². The Kier molecular flexibility index (Phi) is 17.5. The number of thioether (sulfide) groups is 1. The van der Waals surface area contributed by atoms with Crippen molar-refractivity contribution in [2.45, 2.75) is 90.1 Å². The third-order valence-electron chi connectivity index (χ3n) is 5.67. The fourth-order valence-corrected chi connectivity index (χ4v) is 4.60. The molecule has 0 heterocycles. The van der Waals surface area contributed by atoms with Gasteiger partial charge in [-0.05, 0) is 18.4 Å². The van der Waals surface area contributed by atoms with Gasteiger partial charge in [-0.25, -0.2) is 4.79 Å². The van der Waals surface area contributed by atoms with Gasteiger partial charge in [0.1, 0.15) is 12.1 Å². The number of amides is 2. The number of carbonyl (C=O) groups is 3. The lowest BCUT2D eigenvalue weighted by Gasteiger charge is -2.21. The lowest BCUT2D eigenvalue weighted by molar-refractivity contribution is -0.145. The molecule has 0 spiro atoms. The first-order chi connectivity index (χ1) is 17.0. The molecule has 0 saturated heterocycles. The van der Waals surface area contributed by atoms with Crippen molar-refractivity contribution in [1.82, 2.24) is 10.6 Å². The lowest BCUT2D eigenvalue weighted by atomic mass is 10.1. The number of esters is 1. The highest BCUT2D eigenvalue weighted by Gasteiger charge is 2.27. The van der Waals surface area contributed by atoms with Crippen LogP contribution in [0, 0.1) is 0 Å². The van der Waals surface area contributed by atoms with Gasteiger partial charge in [-0.15, -0.1) is 0 Å². The first-order valence-electron chi connectivity index (χ1n) is 12.9. The molecule has 2 amide bonds. The summed E-state index contributed by atoms with van der Waals surface area (Å²) in [7, 11) is 1.30. The molecule has 0 fully saturated rings. The van der Waals surface area contributed by atoms with Crippen molar-refractivity contribution in [3.05, 3.63) is 48.0 Å². The summed E-state index contributed by atoms with van der Waals surface area (Å²) >= 11 is 1.58. The molecule has 0 saturated carbocycles. The average Bonchev–Trinajstić information content (AvgIpc) is 2.85. The Bertz CT molecular complexity index is 755. The summed E-state index contributed by atoms with van der Waals surface area (Å²) in [6.45, 7) is 3.63. The molecule has 0 aliphatic rings. The molecule has 0 aliphatic heterocycles. The molecular weight excluding hydrogens is 460 g/mol. The highest BCUT2D eigenvalue weighted by Crippen LogP contribution is 2.11. The second kappa shape index (κ2) is 20.0. The number of hydrogen-bond donors (Lipinski definition) is 2. The summed E-state index contributed by atoms with van der Waals surface area (Å²) < 4.78 is 4.87. The Morgan fingerprint density at radius 1 is 0.914 bits per heavy atom. The number of allylic oxidation sites excluding steroid dienone is 1. The maximum absolute atomic E-state index is 12.9. The van der Waals surface area contributed by atoms with Gasteiger partial charge in [-0.2, -0.15) is 11.8 Å². The molecule has 2 atom stereocenters. The molecule has 1 rings (SSSR count). The summed E-state index contributed by atoms with van der Waals surface area (Å²) in [5.41, 5.74) is 0.912. The summed E-state index contributed by atoms with van der Waals surface area (Å²) in [6, 6.07) is 7.90. The van der Waals surface area contributed by atoms with Crippen LogP contribution in [0.5, 0.6) is 0 Å². The van der Waals surface area contributed by atoms with E-state index < -0.39 is 18.1 Å². The summed E-state index contributed by atoms with van der Waals surface area (Å²) in [5.74, 6) is 0.00772. The van der Waals surface area contributed by atoms with Crippen molar-refractivity contribution in [3.8, 4) is 0 Å². The van der Waals surface area contributed by atoms with E-state index in [9.17, 15) is 14.4 Å². The number of methoxy groups -OCH3 is 1. The van der Waals surface area contributed by atoms with E-state index in [4.69, 9.17) is 4.74 Å². The third kappa shape index (κ3) is 15.4. The number of nitrogens with one attached hydrogen (secondary N) is 2. The molecule has 2 N–H and O–H groups in total. The van der Waals surface area contributed by atoms with Crippen molar-refractivity contribution in [1.29, 1.82) is 0 Å². The van der Waals surface area contributed by atoms with Gasteiger partial charge in [0.05, 0.1) is 7.11 Å². The number of rotatable bonds is 19. The van der Waals surface area contributed by atoms with Crippen molar-refractivity contribution < 1.29 is 19.1 Å². The molecule has 6 nitrogen and oxygen atoms in total. The Hall–Kier alpha value is -2.28. The van der Waals surface area contributed by atoms with Gasteiger partial charge in [0, 0.05) is 24.9 Å². The Morgan fingerprint density at radius 3 is 2.20 bits per heavy atom. The van der Waals surface area contributed by atoms with Crippen LogP contribution in [0.15, 0.2) is 42.5 Å². The van der Waals surface area contributed by atoms with Crippen LogP contribution in [-0.4, -0.2) is 48.5 Å². The van der Waals surface area contributed by atoms with Crippen LogP contribution in [-0.2, 0) is 25.5 Å². The average molecular weight is 505 g/mol. The SMILES string of the molecule is CCCCCCCCCC/C=C/CSC[C@H](NC(C)=O)C(=O)N[C@@H](Cc1ccccc1)C(=O)OC. The highest BCUT2D eigenvalue weighted by atomic mass is 32.2. The molecule has 1 aromatic rings. The number of unbranched alkanes of at least 4 members (excludes halogenated alkanes) is 8. The van der Waals surface area contributed by atoms with Crippen LogP contribution < -0.4 is 10.6 Å². The standard InChI is InChI=1S/C28H44N2O4S/c1-4-5-6-7-8-9-10-11-12-13-17-20-35-22-26(29-23(2)31)27(32)30-25(28(33)34-3)21-24-18-15-14-16-19-24/h13-19,25-26H,4-12,20-22H2,1-3H3,(H,29,31)(H,30,32)/b17-13+/t25-,26-/m0/s1. The van der Waals surface area contributed by atoms with Crippen LogP contribution in [0.1, 0.15) is 77.2 Å². The van der Waals surface area contributed by atoms with Gasteiger partial charge in [-0.1, -0.05) is 94.4 Å². The number of carbonyl (C=O) groups excluding carboxylic acids is 3. The zero-order valence-corrected chi connectivity index (χ0v) is 22.5. The molecule has 0 radical (unpaired) electrons. The van der Waals surface area contributed by atoms with Crippen molar-refractivity contribution in [2.24, 2.45) is 0 Å². The van der Waals surface area contributed by atoms with Gasteiger partial charge < -0.3 is 15.4 Å². The van der Waals surface area contributed by atoms with E-state index in [0.717, 1.165) is 17.7 Å². The summed E-state index contributed by atoms with van der Waals surface area (Å²) in [5, 5.41) is 5.46. The molecule has 0 bridgehead atoms. The summed E-state index contributed by atoms with van der Waals surface area (Å²) in [6.07, 6.45) is 16.2. The minimum Gasteiger partial charge on any atom is -0.467 e. The van der Waals surface area contributed by atoms with E-state index >= 15 is 0 Å². The number of benzene rings is 1. The molecule has 0 unspecified atom stereocenters. The fourth-order valence-electron chi connectivity index (χ4n) is 3.72. The maximum atomic E-state index is 12.9. The van der Waals surface area contributed by atoms with E-state index in [1.165, 1.54) is 65.4 Å². The molecule has 1 aromatic carbocycles. The second-order valence-corrected chi connectivity index (χ2v) is 9.87. The second-order valence-electron chi connectivity index (χ2n) is 8.80. The zero-order chi connectivity index (χ0) is 25.7. The lowest BCUT2D eigenvalue weighted by Crippen LogP contribution is -2.53. The Morgan fingerprint density at radius 2 is 1.57 bits per heavy atom. The van der Waals surface area contributed by atoms with E-state index in [-0.39, 0.29) is 11.8 Å². The molecule has 7 heteroatoms. The smallest absolute Gasteiger partial charge is 0.328 e. The molecular formula is C28H44N2O4S. The predicted molar refractivity (Wildman–Crippen MR) is 145 cm³/mol. The Balaban J connectivity index is 2.41. The van der Waals surface area contributed by atoms with E-state index in [2.05, 4.69) is 29.7 Å². The van der Waals surface area contributed by atoms with Gasteiger partial charge in [0.15, 0.2) is 0 Å². The van der Waals surface area contributed by atoms with Crippen molar-refractivity contribution in [3.63, 3.8) is 0 Å². The topological polar surface area (TPSA) is 84.5 Å². The first-order valence-corrected chi connectivity index (χ1v) is 14.0. The number of hydrogen-bond acceptors (Lipinski definition) is 5. The molecule has 0 aromatic heterocycles. The van der Waals surface area contributed by atoms with Crippen LogP contribution >= 0.6 is 11.8 Å². The minimum absolute atomic E-state index is 0.284. The van der Waals surface area contributed by atoms with Crippen LogP contribution in [0.3, 0.4) is 0 Å². The highest BCUT2D eigenvalue weighted by molar-refractivity contribution is 7.99. The van der Waals surface area contributed by atoms with Crippen molar-refractivity contribution >= 4 is 29.5 Å². The quantitative estimate of drug-likeness (QED) is 0.153.